The predicted octanol–water partition coefficient (Wildman–Crippen LogP) is 2.05. The molecule has 0 aromatic carbocycles. The van der Waals surface area contributed by atoms with Crippen molar-refractivity contribution >= 4 is 29.1 Å². The summed E-state index contributed by atoms with van der Waals surface area (Å²) in [5, 5.41) is 0.509. The molecule has 0 atom stereocenters. The lowest BCUT2D eigenvalue weighted by Gasteiger charge is -2.26. The van der Waals surface area contributed by atoms with Crippen LogP contribution in [0, 0.1) is 5.92 Å². The third kappa shape index (κ3) is 2.80. The molecule has 0 spiro atoms. The molecule has 2 rings (SSSR count). The second kappa shape index (κ2) is 5.09. The van der Waals surface area contributed by atoms with Crippen LogP contribution in [0.15, 0.2) is 0 Å². The molecule has 6 heteroatoms. The average molecular weight is 248 g/mol. The Labute approximate surface area is 98.5 Å². The molecule has 0 amide bonds. The monoisotopic (exact) mass is 247 g/mol. The molecule has 0 unspecified atom stereocenters. The van der Waals surface area contributed by atoms with Gasteiger partial charge in [-0.05, 0) is 18.8 Å². The third-order valence-electron chi connectivity index (χ3n) is 2.67. The van der Waals surface area contributed by atoms with E-state index in [4.69, 9.17) is 16.3 Å². The minimum Gasteiger partial charge on any atom is -0.381 e. The first-order chi connectivity index (χ1) is 7.27. The van der Waals surface area contributed by atoms with Crippen LogP contribution in [0.1, 0.15) is 12.8 Å². The summed E-state index contributed by atoms with van der Waals surface area (Å²) in [7, 11) is 2.01. The van der Waals surface area contributed by atoms with Crippen LogP contribution < -0.4 is 4.90 Å². The Morgan fingerprint density at radius 1 is 1.47 bits per heavy atom. The van der Waals surface area contributed by atoms with Crippen molar-refractivity contribution in [3.05, 3.63) is 5.15 Å². The highest BCUT2D eigenvalue weighted by molar-refractivity contribution is 6.99. The predicted molar refractivity (Wildman–Crippen MR) is 61.7 cm³/mol. The van der Waals surface area contributed by atoms with E-state index in [0.717, 1.165) is 50.1 Å². The molecule has 1 aliphatic rings. The van der Waals surface area contributed by atoms with E-state index in [2.05, 4.69) is 13.6 Å². The van der Waals surface area contributed by atoms with Crippen LogP contribution in [-0.2, 0) is 4.74 Å². The first kappa shape index (κ1) is 11.1. The van der Waals surface area contributed by atoms with E-state index in [-0.39, 0.29) is 0 Å². The molecule has 0 N–H and O–H groups in total. The van der Waals surface area contributed by atoms with Gasteiger partial charge in [0, 0.05) is 26.8 Å². The number of anilines is 1. The third-order valence-corrected chi connectivity index (χ3v) is 3.54. The van der Waals surface area contributed by atoms with E-state index in [0.29, 0.717) is 11.1 Å². The van der Waals surface area contributed by atoms with E-state index in [1.807, 2.05) is 7.05 Å². The zero-order chi connectivity index (χ0) is 10.7. The Kier molecular flexibility index (Phi) is 3.77. The van der Waals surface area contributed by atoms with Crippen molar-refractivity contribution in [1.82, 2.24) is 8.75 Å². The van der Waals surface area contributed by atoms with Gasteiger partial charge in [0.25, 0.3) is 0 Å². The van der Waals surface area contributed by atoms with Crippen molar-refractivity contribution in [2.45, 2.75) is 12.8 Å². The number of hydrogen-bond acceptors (Lipinski definition) is 5. The Bertz CT molecular complexity index is 314. The van der Waals surface area contributed by atoms with Gasteiger partial charge in [-0.1, -0.05) is 11.6 Å². The van der Waals surface area contributed by atoms with E-state index < -0.39 is 0 Å². The second-order valence-corrected chi connectivity index (χ2v) is 4.70. The Balaban J connectivity index is 1.91. The maximum absolute atomic E-state index is 5.92. The van der Waals surface area contributed by atoms with Gasteiger partial charge in [0.15, 0.2) is 11.0 Å². The highest BCUT2D eigenvalue weighted by Gasteiger charge is 2.18. The average Bonchev–Trinajstić information content (AvgIpc) is 2.66. The van der Waals surface area contributed by atoms with Crippen LogP contribution in [0.25, 0.3) is 0 Å². The van der Waals surface area contributed by atoms with Gasteiger partial charge in [-0.15, -0.1) is 0 Å². The largest absolute Gasteiger partial charge is 0.381 e. The van der Waals surface area contributed by atoms with Crippen LogP contribution in [0.3, 0.4) is 0 Å². The van der Waals surface area contributed by atoms with E-state index in [1.54, 1.807) is 0 Å². The van der Waals surface area contributed by atoms with Crippen LogP contribution >= 0.6 is 23.3 Å². The Morgan fingerprint density at radius 2 is 2.20 bits per heavy atom. The fourth-order valence-corrected chi connectivity index (χ4v) is 2.63. The normalized spacial score (nSPS) is 18.0. The molecule has 1 aliphatic heterocycles. The van der Waals surface area contributed by atoms with Crippen molar-refractivity contribution < 1.29 is 4.74 Å². The maximum Gasteiger partial charge on any atom is 0.187 e. The second-order valence-electron chi connectivity index (χ2n) is 3.81. The molecule has 2 heterocycles. The van der Waals surface area contributed by atoms with Crippen LogP contribution in [0.2, 0.25) is 5.15 Å². The first-order valence-electron chi connectivity index (χ1n) is 5.04. The SMILES string of the molecule is CN(CC1CCOCC1)c1nsnc1Cl. The number of nitrogens with zero attached hydrogens (tertiary/aromatic N) is 3. The minimum absolute atomic E-state index is 0.509. The van der Waals surface area contributed by atoms with Crippen molar-refractivity contribution in [3.63, 3.8) is 0 Å². The summed E-state index contributed by atoms with van der Waals surface area (Å²) >= 11 is 7.08. The summed E-state index contributed by atoms with van der Waals surface area (Å²) in [6.07, 6.45) is 2.25. The molecule has 0 radical (unpaired) electrons. The summed E-state index contributed by atoms with van der Waals surface area (Å²) in [6, 6.07) is 0. The number of rotatable bonds is 3. The smallest absolute Gasteiger partial charge is 0.187 e. The fourth-order valence-electron chi connectivity index (χ4n) is 1.80. The first-order valence-corrected chi connectivity index (χ1v) is 6.15. The van der Waals surface area contributed by atoms with Crippen molar-refractivity contribution in [2.75, 3.05) is 31.7 Å². The molecule has 15 heavy (non-hydrogen) atoms. The van der Waals surface area contributed by atoms with E-state index in [9.17, 15) is 0 Å². The molecular formula is C9H14ClN3OS. The minimum atomic E-state index is 0.509. The molecular weight excluding hydrogens is 234 g/mol. The number of halogens is 1. The molecule has 0 bridgehead atoms. The Hall–Kier alpha value is -0.390. The quantitative estimate of drug-likeness (QED) is 0.820. The van der Waals surface area contributed by atoms with Gasteiger partial charge < -0.3 is 9.64 Å². The zero-order valence-electron chi connectivity index (χ0n) is 8.65. The maximum atomic E-state index is 5.92. The van der Waals surface area contributed by atoms with Crippen LogP contribution in [0.4, 0.5) is 5.82 Å². The molecule has 0 aliphatic carbocycles. The molecule has 1 fully saturated rings. The van der Waals surface area contributed by atoms with Crippen molar-refractivity contribution in [1.29, 1.82) is 0 Å². The van der Waals surface area contributed by atoms with Gasteiger partial charge >= 0.3 is 0 Å². The summed E-state index contributed by atoms with van der Waals surface area (Å²) < 4.78 is 13.5. The van der Waals surface area contributed by atoms with Gasteiger partial charge in [0.1, 0.15) is 0 Å². The van der Waals surface area contributed by atoms with Gasteiger partial charge in [-0.3, -0.25) is 0 Å². The molecule has 1 saturated heterocycles. The summed E-state index contributed by atoms with van der Waals surface area (Å²) in [4.78, 5) is 2.09. The lowest BCUT2D eigenvalue weighted by molar-refractivity contribution is 0.0685. The Morgan fingerprint density at radius 3 is 2.80 bits per heavy atom. The number of hydrogen-bond donors (Lipinski definition) is 0. The lowest BCUT2D eigenvalue weighted by atomic mass is 10.00. The van der Waals surface area contributed by atoms with Crippen LogP contribution in [-0.4, -0.2) is 35.6 Å². The topological polar surface area (TPSA) is 38.2 Å². The van der Waals surface area contributed by atoms with Crippen LogP contribution in [0.5, 0.6) is 0 Å². The van der Waals surface area contributed by atoms with E-state index >= 15 is 0 Å². The highest BCUT2D eigenvalue weighted by atomic mass is 35.5. The highest BCUT2D eigenvalue weighted by Crippen LogP contribution is 2.24. The number of aromatic nitrogens is 2. The molecule has 4 nitrogen and oxygen atoms in total. The van der Waals surface area contributed by atoms with Crippen molar-refractivity contribution in [2.24, 2.45) is 5.92 Å². The van der Waals surface area contributed by atoms with Crippen molar-refractivity contribution in [3.8, 4) is 0 Å². The van der Waals surface area contributed by atoms with Gasteiger partial charge in [0.05, 0.1) is 11.7 Å². The summed E-state index contributed by atoms with van der Waals surface area (Å²) in [5.41, 5.74) is 0. The molecule has 84 valence electrons. The standard InChI is InChI=1S/C9H14ClN3OS/c1-13(9-8(10)11-15-12-9)6-7-2-4-14-5-3-7/h7H,2-6H2,1H3. The van der Waals surface area contributed by atoms with Gasteiger partial charge in [-0.25, -0.2) is 0 Å². The van der Waals surface area contributed by atoms with Gasteiger partial charge in [0.2, 0.25) is 0 Å². The number of ether oxygens (including phenoxy) is 1. The fraction of sp³-hybridized carbons (Fsp3) is 0.778. The summed E-state index contributed by atoms with van der Waals surface area (Å²) in [5.74, 6) is 1.48. The van der Waals surface area contributed by atoms with Gasteiger partial charge in [-0.2, -0.15) is 8.75 Å². The molecule has 0 saturated carbocycles. The molecule has 1 aromatic heterocycles. The molecule has 1 aromatic rings. The zero-order valence-corrected chi connectivity index (χ0v) is 10.2. The van der Waals surface area contributed by atoms with E-state index in [1.165, 1.54) is 0 Å². The summed E-state index contributed by atoms with van der Waals surface area (Å²) in [6.45, 7) is 2.73. The lowest BCUT2D eigenvalue weighted by Crippen LogP contribution is -2.29.